The molecule has 0 bridgehead atoms. The van der Waals surface area contributed by atoms with Gasteiger partial charge in [-0.25, -0.2) is 0 Å². The maximum absolute atomic E-state index is 6.81. The van der Waals surface area contributed by atoms with Crippen molar-refractivity contribution in [3.8, 4) is 33.4 Å². The molecule has 4 aliphatic rings. The first-order valence-corrected chi connectivity index (χ1v) is 25.2. The molecule has 13 rings (SSSR count). The first-order valence-electron chi connectivity index (χ1n) is 22.2. The third-order valence-corrected chi connectivity index (χ3v) is 18.5. The van der Waals surface area contributed by atoms with E-state index in [1.165, 1.54) is 99.8 Å². The smallest absolute Gasteiger partial charge is 0.333 e. The molecular weight excluding hydrogens is 768 g/mol. The topological polar surface area (TPSA) is 19.6 Å². The third kappa shape index (κ3) is 4.51. The number of rotatable bonds is 2. The van der Waals surface area contributed by atoms with Crippen LogP contribution in [0.3, 0.4) is 0 Å². The Labute approximate surface area is 365 Å². The Kier molecular flexibility index (Phi) is 7.04. The fourth-order valence-corrected chi connectivity index (χ4v) is 15.1. The second kappa shape index (κ2) is 12.1. The minimum atomic E-state index is -2.13. The van der Waals surface area contributed by atoms with Crippen LogP contribution in [-0.4, -0.2) is 14.9 Å². The monoisotopic (exact) mass is 814 g/mol. The minimum absolute atomic E-state index is 0.0385. The molecule has 9 aromatic rings. The Balaban J connectivity index is 1.26. The van der Waals surface area contributed by atoms with Crippen molar-refractivity contribution in [2.24, 2.45) is 0 Å². The summed E-state index contributed by atoms with van der Waals surface area (Å²) in [4.78, 5) is 5.41. The van der Waals surface area contributed by atoms with Crippen molar-refractivity contribution < 1.29 is 4.42 Å². The zero-order chi connectivity index (χ0) is 42.0. The van der Waals surface area contributed by atoms with Crippen LogP contribution in [0.4, 0.5) is 28.4 Å². The van der Waals surface area contributed by atoms with E-state index >= 15 is 0 Å². The molecule has 8 aromatic carbocycles. The molecule has 1 aliphatic carbocycles. The molecule has 1 aromatic heterocycles. The lowest BCUT2D eigenvalue weighted by molar-refractivity contribution is 0.590. The van der Waals surface area contributed by atoms with Crippen molar-refractivity contribution in [1.29, 1.82) is 0 Å². The van der Waals surface area contributed by atoms with E-state index in [0.29, 0.717) is 0 Å². The molecule has 298 valence electrons. The number of benzene rings is 8. The van der Waals surface area contributed by atoms with Crippen molar-refractivity contribution in [2.75, 3.05) is 9.71 Å². The molecule has 0 saturated carbocycles. The highest BCUT2D eigenvalue weighted by Crippen LogP contribution is 2.59. The van der Waals surface area contributed by atoms with Gasteiger partial charge in [-0.2, -0.15) is 0 Å². The Morgan fingerprint density at radius 3 is 2.15 bits per heavy atom. The molecule has 5 heteroatoms. The summed E-state index contributed by atoms with van der Waals surface area (Å²) in [6.07, 6.45) is 0. The van der Waals surface area contributed by atoms with Crippen LogP contribution in [0.15, 0.2) is 162 Å². The Morgan fingerprint density at radius 1 is 0.581 bits per heavy atom. The molecule has 3 nitrogen and oxygen atoms in total. The van der Waals surface area contributed by atoms with Gasteiger partial charge in [-0.1, -0.05) is 169 Å². The van der Waals surface area contributed by atoms with Gasteiger partial charge in [0.1, 0.15) is 19.2 Å². The van der Waals surface area contributed by atoms with Gasteiger partial charge in [-0.05, 0) is 102 Å². The van der Waals surface area contributed by atoms with Crippen molar-refractivity contribution >= 4 is 86.6 Å². The van der Waals surface area contributed by atoms with Crippen LogP contribution in [-0.2, 0) is 10.8 Å². The highest BCUT2D eigenvalue weighted by Gasteiger charge is 2.53. The number of hydrogen-bond acceptors (Lipinski definition) is 3. The van der Waals surface area contributed by atoms with Crippen molar-refractivity contribution in [3.63, 3.8) is 0 Å². The van der Waals surface area contributed by atoms with Crippen LogP contribution >= 0.6 is 0 Å². The van der Waals surface area contributed by atoms with E-state index in [1.54, 1.807) is 0 Å². The van der Waals surface area contributed by atoms with Gasteiger partial charge in [0.25, 0.3) is 0 Å². The Bertz CT molecular complexity index is 3430. The number of hydrogen-bond donors (Lipinski definition) is 0. The van der Waals surface area contributed by atoms with Gasteiger partial charge in [-0.3, -0.25) is 0 Å². The molecule has 0 atom stereocenters. The Hall–Kier alpha value is -6.56. The van der Waals surface area contributed by atoms with Crippen molar-refractivity contribution in [1.82, 2.24) is 0 Å². The van der Waals surface area contributed by atoms with E-state index in [-0.39, 0.29) is 17.7 Å². The predicted octanol–water partition coefficient (Wildman–Crippen LogP) is 12.7. The second-order valence-corrected chi connectivity index (χ2v) is 24.4. The average molecular weight is 815 g/mol. The van der Waals surface area contributed by atoms with Crippen LogP contribution in [0.2, 0.25) is 13.1 Å². The highest BCUT2D eigenvalue weighted by atomic mass is 28.3. The molecular formula is C57H47BN2OSi. The largest absolute Gasteiger partial charge is 0.456 e. The number of fused-ring (bicyclic) bond motifs is 14. The lowest BCUT2D eigenvalue weighted by Gasteiger charge is -2.51. The quantitative estimate of drug-likeness (QED) is 0.162. The molecule has 0 N–H and O–H groups in total. The summed E-state index contributed by atoms with van der Waals surface area (Å²) < 4.78 is 6.81. The molecule has 0 unspecified atom stereocenters. The SMILES string of the molecule is CC(C)(C)c1ccc(N2c3cc4c(c5c3B(c3ccc6oc7ccccc7c6c32)N2c3ccccc3[Si](C)(C)c3cccc-5c32)C(C)(C)c2ccccc2-4)c(-c2ccccc2)c1. The molecule has 0 spiro atoms. The normalized spacial score (nSPS) is 15.8. The fourth-order valence-electron chi connectivity index (χ4n) is 12.1. The zero-order valence-corrected chi connectivity index (χ0v) is 37.4. The lowest BCUT2D eigenvalue weighted by Crippen LogP contribution is -2.68. The number of furan rings is 1. The summed E-state index contributed by atoms with van der Waals surface area (Å²) in [5.41, 5.74) is 22.6. The van der Waals surface area contributed by atoms with Crippen LogP contribution in [0, 0.1) is 0 Å². The summed E-state index contributed by atoms with van der Waals surface area (Å²) in [7, 11) is -2.13. The fraction of sp³-hybridized carbons (Fsp3) is 0.158. The highest BCUT2D eigenvalue weighted by molar-refractivity contribution is 7.05. The zero-order valence-electron chi connectivity index (χ0n) is 36.4. The molecule has 0 fully saturated rings. The number of nitrogens with zero attached hydrogens (tertiary/aromatic N) is 2. The Morgan fingerprint density at radius 2 is 1.31 bits per heavy atom. The number of para-hydroxylation sites is 3. The van der Waals surface area contributed by atoms with Gasteiger partial charge >= 0.3 is 6.85 Å². The minimum Gasteiger partial charge on any atom is -0.456 e. The molecule has 0 radical (unpaired) electrons. The molecule has 3 aliphatic heterocycles. The van der Waals surface area contributed by atoms with E-state index in [0.717, 1.165) is 21.9 Å². The van der Waals surface area contributed by atoms with Crippen LogP contribution < -0.4 is 31.0 Å². The first kappa shape index (κ1) is 36.1. The summed E-state index contributed by atoms with van der Waals surface area (Å²) in [6, 6.07) is 59.9. The summed E-state index contributed by atoms with van der Waals surface area (Å²) in [5, 5.41) is 5.29. The third-order valence-electron chi connectivity index (χ3n) is 14.9. The van der Waals surface area contributed by atoms with Crippen molar-refractivity contribution in [3.05, 3.63) is 174 Å². The van der Waals surface area contributed by atoms with Crippen LogP contribution in [0.5, 0.6) is 0 Å². The van der Waals surface area contributed by atoms with Gasteiger partial charge in [0.2, 0.25) is 0 Å². The molecule has 62 heavy (non-hydrogen) atoms. The van der Waals surface area contributed by atoms with Crippen LogP contribution in [0.25, 0.3) is 55.3 Å². The van der Waals surface area contributed by atoms with Gasteiger partial charge in [0.05, 0.1) is 16.8 Å². The van der Waals surface area contributed by atoms with E-state index in [1.807, 2.05) is 0 Å². The van der Waals surface area contributed by atoms with E-state index < -0.39 is 8.07 Å². The summed E-state index contributed by atoms with van der Waals surface area (Å²) in [6.45, 7) is 16.9. The standard InChI is InChI=1S/C57H47BN2OSi/c1-56(2,3)35-28-30-43(39(32-35)34-18-9-8-10-19-34)59-45-33-40-36-20-11-13-23-41(36)57(4,5)52(40)51-38-22-17-27-49-54(38)60(44-24-14-16-26-48(44)62(49,6)7)58(53(45)51)42-29-31-47-50(55(42)59)37-21-12-15-25-46(37)61-47/h8-33H,1-7H3. The van der Waals surface area contributed by atoms with E-state index in [2.05, 4.69) is 215 Å². The molecule has 0 amide bonds. The molecule has 4 heterocycles. The summed E-state index contributed by atoms with van der Waals surface area (Å²) >= 11 is 0. The van der Waals surface area contributed by atoms with Gasteiger partial charge in [0.15, 0.2) is 0 Å². The van der Waals surface area contributed by atoms with Gasteiger partial charge in [0, 0.05) is 39.0 Å². The molecule has 0 saturated heterocycles. The maximum atomic E-state index is 6.81. The predicted molar refractivity (Wildman–Crippen MR) is 266 cm³/mol. The van der Waals surface area contributed by atoms with E-state index in [4.69, 9.17) is 4.42 Å². The van der Waals surface area contributed by atoms with Crippen molar-refractivity contribution in [2.45, 2.75) is 58.5 Å². The number of anilines is 5. The van der Waals surface area contributed by atoms with E-state index in [9.17, 15) is 0 Å². The first-order chi connectivity index (χ1) is 29.9. The maximum Gasteiger partial charge on any atom is 0.333 e. The van der Waals surface area contributed by atoms with Gasteiger partial charge in [-0.15, -0.1) is 0 Å². The van der Waals surface area contributed by atoms with Gasteiger partial charge < -0.3 is 14.1 Å². The summed E-state index contributed by atoms with van der Waals surface area (Å²) in [5.74, 6) is 0. The average Bonchev–Trinajstić information content (AvgIpc) is 3.77. The second-order valence-electron chi connectivity index (χ2n) is 20.1. The van der Waals surface area contributed by atoms with Crippen LogP contribution in [0.1, 0.15) is 51.3 Å². The lowest BCUT2D eigenvalue weighted by atomic mass is 9.42.